The lowest BCUT2D eigenvalue weighted by Gasteiger charge is -2.14. The van der Waals surface area contributed by atoms with Crippen LogP contribution < -0.4 is 5.32 Å². The molecule has 1 saturated heterocycles. The van der Waals surface area contributed by atoms with Crippen molar-refractivity contribution in [3.63, 3.8) is 0 Å². The maximum absolute atomic E-state index is 13.7. The van der Waals surface area contributed by atoms with Crippen molar-refractivity contribution in [3.05, 3.63) is 27.7 Å². The number of rotatable bonds is 1. The summed E-state index contributed by atoms with van der Waals surface area (Å²) in [7, 11) is 0. The van der Waals surface area contributed by atoms with E-state index in [1.165, 1.54) is 0 Å². The Hall–Kier alpha value is -0.680. The minimum atomic E-state index is -0.716. The third kappa shape index (κ3) is 1.86. The summed E-state index contributed by atoms with van der Waals surface area (Å²) < 4.78 is 27.1. The van der Waals surface area contributed by atoms with Gasteiger partial charge in [0.05, 0.1) is 4.47 Å². The molecule has 0 amide bonds. The summed E-state index contributed by atoms with van der Waals surface area (Å²) in [5, 5.41) is 12.2. The zero-order valence-electron chi connectivity index (χ0n) is 7.86. The highest BCUT2D eigenvalue weighted by atomic mass is 79.9. The van der Waals surface area contributed by atoms with Crippen LogP contribution in [-0.2, 0) is 0 Å². The van der Waals surface area contributed by atoms with Gasteiger partial charge < -0.3 is 10.4 Å². The van der Waals surface area contributed by atoms with Crippen molar-refractivity contribution in [2.45, 2.75) is 18.9 Å². The highest BCUT2D eigenvalue weighted by Gasteiger charge is 2.26. The van der Waals surface area contributed by atoms with Crippen LogP contribution in [0.15, 0.2) is 10.5 Å². The fourth-order valence-electron chi connectivity index (χ4n) is 1.85. The Morgan fingerprint density at radius 1 is 1.47 bits per heavy atom. The summed E-state index contributed by atoms with van der Waals surface area (Å²) in [6.07, 6.45) is 1.62. The predicted octanol–water partition coefficient (Wildman–Crippen LogP) is 2.86. The monoisotopic (exact) mass is 277 g/mol. The zero-order chi connectivity index (χ0) is 11.0. The number of hydrogen-bond donors (Lipinski definition) is 2. The number of phenolic OH excluding ortho intramolecular Hbond substituents is 1. The van der Waals surface area contributed by atoms with Crippen molar-refractivity contribution < 1.29 is 13.9 Å². The molecule has 0 aliphatic carbocycles. The van der Waals surface area contributed by atoms with Gasteiger partial charge in [0.1, 0.15) is 17.4 Å². The lowest BCUT2D eigenvalue weighted by molar-refractivity contribution is 0.443. The SMILES string of the molecule is Oc1cc(F)c(C2CCCN2)c(F)c1Br. The van der Waals surface area contributed by atoms with E-state index in [9.17, 15) is 13.9 Å². The van der Waals surface area contributed by atoms with Crippen LogP contribution >= 0.6 is 15.9 Å². The van der Waals surface area contributed by atoms with Crippen LogP contribution in [0.25, 0.3) is 0 Å². The van der Waals surface area contributed by atoms with Gasteiger partial charge in [0.15, 0.2) is 0 Å². The van der Waals surface area contributed by atoms with Crippen LogP contribution in [0, 0.1) is 11.6 Å². The average molecular weight is 278 g/mol. The smallest absolute Gasteiger partial charge is 0.148 e. The first-order chi connectivity index (χ1) is 7.11. The van der Waals surface area contributed by atoms with Gasteiger partial charge in [0.25, 0.3) is 0 Å². The van der Waals surface area contributed by atoms with Crippen molar-refractivity contribution in [1.29, 1.82) is 0 Å². The second-order valence-electron chi connectivity index (χ2n) is 3.57. The molecule has 1 unspecified atom stereocenters. The van der Waals surface area contributed by atoms with E-state index in [1.807, 2.05) is 0 Å². The van der Waals surface area contributed by atoms with E-state index in [0.29, 0.717) is 6.42 Å². The lowest BCUT2D eigenvalue weighted by atomic mass is 10.0. The molecule has 1 aliphatic heterocycles. The Morgan fingerprint density at radius 3 is 2.80 bits per heavy atom. The maximum Gasteiger partial charge on any atom is 0.148 e. The van der Waals surface area contributed by atoms with Crippen molar-refractivity contribution in [2.75, 3.05) is 6.54 Å². The summed E-state index contributed by atoms with van der Waals surface area (Å²) in [5.74, 6) is -1.83. The van der Waals surface area contributed by atoms with Crippen LogP contribution in [0.1, 0.15) is 24.4 Å². The molecule has 1 aromatic carbocycles. The molecule has 2 rings (SSSR count). The highest BCUT2D eigenvalue weighted by molar-refractivity contribution is 9.10. The van der Waals surface area contributed by atoms with Crippen LogP contribution in [0.3, 0.4) is 0 Å². The molecule has 0 radical (unpaired) electrons. The fraction of sp³-hybridized carbons (Fsp3) is 0.400. The van der Waals surface area contributed by atoms with Crippen molar-refractivity contribution in [2.24, 2.45) is 0 Å². The second-order valence-corrected chi connectivity index (χ2v) is 4.36. The first kappa shape index (κ1) is 10.8. The summed E-state index contributed by atoms with van der Waals surface area (Å²) in [6, 6.07) is 0.643. The molecular weight excluding hydrogens is 268 g/mol. The molecule has 0 spiro atoms. The Labute approximate surface area is 94.4 Å². The molecule has 0 aromatic heterocycles. The third-order valence-electron chi connectivity index (χ3n) is 2.58. The summed E-state index contributed by atoms with van der Waals surface area (Å²) in [6.45, 7) is 0.766. The van der Waals surface area contributed by atoms with E-state index >= 15 is 0 Å². The Morgan fingerprint density at radius 2 is 2.20 bits per heavy atom. The molecule has 0 bridgehead atoms. The van der Waals surface area contributed by atoms with Crippen LogP contribution in [-0.4, -0.2) is 11.7 Å². The number of nitrogens with one attached hydrogen (secondary N) is 1. The van der Waals surface area contributed by atoms with Crippen LogP contribution in [0.4, 0.5) is 8.78 Å². The van der Waals surface area contributed by atoms with E-state index in [-0.39, 0.29) is 16.1 Å². The molecular formula is C10H10BrF2NO. The van der Waals surface area contributed by atoms with E-state index < -0.39 is 17.4 Å². The average Bonchev–Trinajstić information content (AvgIpc) is 2.68. The van der Waals surface area contributed by atoms with Crippen LogP contribution in [0.5, 0.6) is 5.75 Å². The molecule has 15 heavy (non-hydrogen) atoms. The number of hydrogen-bond acceptors (Lipinski definition) is 2. The number of halogens is 3. The minimum Gasteiger partial charge on any atom is -0.507 e. The minimum absolute atomic E-state index is 0.0113. The molecule has 2 N–H and O–H groups in total. The molecule has 1 aromatic rings. The van der Waals surface area contributed by atoms with Gasteiger partial charge in [-0.1, -0.05) is 0 Å². The Balaban J connectivity index is 2.50. The lowest BCUT2D eigenvalue weighted by Crippen LogP contribution is -2.16. The maximum atomic E-state index is 13.7. The molecule has 1 fully saturated rings. The van der Waals surface area contributed by atoms with E-state index in [4.69, 9.17) is 0 Å². The summed E-state index contributed by atoms with van der Waals surface area (Å²) in [4.78, 5) is 0. The van der Waals surface area contributed by atoms with Gasteiger partial charge in [-0.2, -0.15) is 0 Å². The van der Waals surface area contributed by atoms with Gasteiger partial charge in [0.2, 0.25) is 0 Å². The van der Waals surface area contributed by atoms with Crippen molar-refractivity contribution >= 4 is 15.9 Å². The second kappa shape index (κ2) is 4.06. The zero-order valence-corrected chi connectivity index (χ0v) is 9.44. The summed E-state index contributed by atoms with van der Waals surface area (Å²) >= 11 is 2.89. The third-order valence-corrected chi connectivity index (χ3v) is 3.34. The molecule has 2 nitrogen and oxygen atoms in total. The summed E-state index contributed by atoms with van der Waals surface area (Å²) in [5.41, 5.74) is 0.0113. The largest absolute Gasteiger partial charge is 0.507 e. The van der Waals surface area contributed by atoms with Gasteiger partial charge >= 0.3 is 0 Å². The van der Waals surface area contributed by atoms with Crippen LogP contribution in [0.2, 0.25) is 0 Å². The molecule has 82 valence electrons. The van der Waals surface area contributed by atoms with Crippen molar-refractivity contribution in [1.82, 2.24) is 5.32 Å². The van der Waals surface area contributed by atoms with Gasteiger partial charge in [-0.15, -0.1) is 0 Å². The quantitative estimate of drug-likeness (QED) is 0.774. The Kier molecular flexibility index (Phi) is 2.93. The molecule has 1 heterocycles. The highest BCUT2D eigenvalue weighted by Crippen LogP contribution is 2.36. The standard InChI is InChI=1S/C10H10BrF2NO/c11-9-7(15)4-5(12)8(10(9)13)6-2-1-3-14-6/h4,6,14-15H,1-3H2. The predicted molar refractivity (Wildman–Crippen MR) is 55.7 cm³/mol. The number of phenols is 1. The molecule has 1 aliphatic rings. The van der Waals surface area contributed by atoms with Gasteiger partial charge in [0, 0.05) is 17.7 Å². The topological polar surface area (TPSA) is 32.3 Å². The fourth-order valence-corrected chi connectivity index (χ4v) is 2.18. The van der Waals surface area contributed by atoms with E-state index in [2.05, 4.69) is 21.2 Å². The van der Waals surface area contributed by atoms with Gasteiger partial charge in [-0.25, -0.2) is 8.78 Å². The van der Waals surface area contributed by atoms with Gasteiger partial charge in [-0.05, 0) is 35.3 Å². The first-order valence-corrected chi connectivity index (χ1v) is 5.50. The Bertz CT molecular complexity index is 391. The van der Waals surface area contributed by atoms with Crippen molar-refractivity contribution in [3.8, 4) is 5.75 Å². The number of aromatic hydroxyl groups is 1. The van der Waals surface area contributed by atoms with E-state index in [0.717, 1.165) is 19.0 Å². The molecule has 0 saturated carbocycles. The van der Waals surface area contributed by atoms with Gasteiger partial charge in [-0.3, -0.25) is 0 Å². The molecule has 5 heteroatoms. The normalized spacial score (nSPS) is 20.9. The number of benzene rings is 1. The van der Waals surface area contributed by atoms with E-state index in [1.54, 1.807) is 0 Å². The molecule has 1 atom stereocenters. The first-order valence-electron chi connectivity index (χ1n) is 4.71.